The van der Waals surface area contributed by atoms with Crippen molar-refractivity contribution in [2.24, 2.45) is 5.73 Å². The summed E-state index contributed by atoms with van der Waals surface area (Å²) >= 11 is 1.78. The number of nitrogens with two attached hydrogens (primary N) is 1. The van der Waals surface area contributed by atoms with Gasteiger partial charge in [0, 0.05) is 25.3 Å². The zero-order chi connectivity index (χ0) is 9.40. The van der Waals surface area contributed by atoms with E-state index in [1.807, 2.05) is 6.92 Å². The maximum absolute atomic E-state index is 10.8. The molecule has 3 N–H and O–H groups in total. The van der Waals surface area contributed by atoms with E-state index in [0.29, 0.717) is 6.42 Å². The standard InChI is InChI=1S/C8H18N2OS/c1-7(9)3-5-12-6-4-8(11)10-2/h7H,3-6,9H2,1-2H3,(H,10,11). The Kier molecular flexibility index (Phi) is 7.29. The molecule has 0 aromatic rings. The van der Waals surface area contributed by atoms with Crippen molar-refractivity contribution in [2.75, 3.05) is 18.6 Å². The Morgan fingerprint density at radius 1 is 1.58 bits per heavy atom. The Hall–Kier alpha value is -0.220. The molecule has 0 saturated heterocycles. The molecule has 0 heterocycles. The van der Waals surface area contributed by atoms with Gasteiger partial charge in [0.1, 0.15) is 0 Å². The third kappa shape index (κ3) is 7.88. The first-order valence-electron chi connectivity index (χ1n) is 4.20. The molecule has 0 saturated carbocycles. The van der Waals surface area contributed by atoms with E-state index < -0.39 is 0 Å². The second-order valence-corrected chi connectivity index (χ2v) is 4.03. The molecule has 0 bridgehead atoms. The van der Waals surface area contributed by atoms with Crippen LogP contribution in [-0.2, 0) is 4.79 Å². The van der Waals surface area contributed by atoms with E-state index in [0.717, 1.165) is 17.9 Å². The lowest BCUT2D eigenvalue weighted by molar-refractivity contribution is -0.120. The Morgan fingerprint density at radius 2 is 2.25 bits per heavy atom. The zero-order valence-corrected chi connectivity index (χ0v) is 8.62. The fourth-order valence-electron chi connectivity index (χ4n) is 0.661. The number of carbonyl (C=O) groups is 1. The second-order valence-electron chi connectivity index (χ2n) is 2.80. The SMILES string of the molecule is CNC(=O)CCSCCC(C)N. The second kappa shape index (κ2) is 7.43. The molecule has 4 heteroatoms. The summed E-state index contributed by atoms with van der Waals surface area (Å²) in [5.41, 5.74) is 5.57. The average Bonchev–Trinajstić information content (AvgIpc) is 2.03. The minimum Gasteiger partial charge on any atom is -0.359 e. The lowest BCUT2D eigenvalue weighted by atomic mass is 10.3. The summed E-state index contributed by atoms with van der Waals surface area (Å²) in [4.78, 5) is 10.8. The Bertz CT molecular complexity index is 128. The van der Waals surface area contributed by atoms with Crippen LogP contribution in [0.15, 0.2) is 0 Å². The third-order valence-corrected chi connectivity index (χ3v) is 2.49. The molecule has 0 aromatic carbocycles. The van der Waals surface area contributed by atoms with Gasteiger partial charge in [0.2, 0.25) is 5.91 Å². The molecule has 0 aliphatic carbocycles. The van der Waals surface area contributed by atoms with Crippen LogP contribution in [0.2, 0.25) is 0 Å². The highest BCUT2D eigenvalue weighted by Gasteiger charge is 1.98. The van der Waals surface area contributed by atoms with Gasteiger partial charge >= 0.3 is 0 Å². The monoisotopic (exact) mass is 190 g/mol. The van der Waals surface area contributed by atoms with E-state index in [9.17, 15) is 4.79 Å². The van der Waals surface area contributed by atoms with Crippen molar-refractivity contribution < 1.29 is 4.79 Å². The molecule has 72 valence electrons. The molecular formula is C8H18N2OS. The highest BCUT2D eigenvalue weighted by Crippen LogP contribution is 2.05. The number of hydrogen-bond donors (Lipinski definition) is 2. The van der Waals surface area contributed by atoms with Crippen LogP contribution >= 0.6 is 11.8 Å². The van der Waals surface area contributed by atoms with Crippen molar-refractivity contribution in [1.29, 1.82) is 0 Å². The van der Waals surface area contributed by atoms with Gasteiger partial charge in [-0.25, -0.2) is 0 Å². The van der Waals surface area contributed by atoms with E-state index in [1.165, 1.54) is 0 Å². The van der Waals surface area contributed by atoms with Gasteiger partial charge in [-0.1, -0.05) is 0 Å². The van der Waals surface area contributed by atoms with Crippen molar-refractivity contribution in [3.05, 3.63) is 0 Å². The number of nitrogens with one attached hydrogen (secondary N) is 1. The summed E-state index contributed by atoms with van der Waals surface area (Å²) in [6.07, 6.45) is 1.64. The number of amides is 1. The molecule has 12 heavy (non-hydrogen) atoms. The Morgan fingerprint density at radius 3 is 2.75 bits per heavy atom. The molecule has 3 nitrogen and oxygen atoms in total. The maximum atomic E-state index is 10.8. The fraction of sp³-hybridized carbons (Fsp3) is 0.875. The average molecular weight is 190 g/mol. The van der Waals surface area contributed by atoms with E-state index in [2.05, 4.69) is 5.32 Å². The van der Waals surface area contributed by atoms with Gasteiger partial charge in [-0.2, -0.15) is 11.8 Å². The first-order chi connectivity index (χ1) is 5.66. The molecular weight excluding hydrogens is 172 g/mol. The molecule has 0 aliphatic rings. The molecule has 1 unspecified atom stereocenters. The molecule has 0 radical (unpaired) electrons. The van der Waals surface area contributed by atoms with Crippen LogP contribution in [0.5, 0.6) is 0 Å². The highest BCUT2D eigenvalue weighted by molar-refractivity contribution is 7.99. The first kappa shape index (κ1) is 11.8. The van der Waals surface area contributed by atoms with Crippen molar-refractivity contribution in [2.45, 2.75) is 25.8 Å². The lowest BCUT2D eigenvalue weighted by Crippen LogP contribution is -2.18. The minimum atomic E-state index is 0.114. The van der Waals surface area contributed by atoms with Crippen LogP contribution in [0.1, 0.15) is 19.8 Å². The Balaban J connectivity index is 3.05. The molecule has 0 fully saturated rings. The van der Waals surface area contributed by atoms with E-state index in [1.54, 1.807) is 18.8 Å². The normalized spacial score (nSPS) is 12.6. The predicted molar refractivity (Wildman–Crippen MR) is 54.3 cm³/mol. The summed E-state index contributed by atoms with van der Waals surface area (Å²) in [6, 6.07) is 0.275. The van der Waals surface area contributed by atoms with E-state index in [4.69, 9.17) is 5.73 Å². The minimum absolute atomic E-state index is 0.114. The van der Waals surface area contributed by atoms with Gasteiger partial charge in [0.05, 0.1) is 0 Å². The van der Waals surface area contributed by atoms with Gasteiger partial charge in [0.25, 0.3) is 0 Å². The van der Waals surface area contributed by atoms with Crippen molar-refractivity contribution in [3.63, 3.8) is 0 Å². The maximum Gasteiger partial charge on any atom is 0.220 e. The van der Waals surface area contributed by atoms with Crippen molar-refractivity contribution >= 4 is 17.7 Å². The van der Waals surface area contributed by atoms with Crippen molar-refractivity contribution in [3.8, 4) is 0 Å². The van der Waals surface area contributed by atoms with Crippen LogP contribution in [-0.4, -0.2) is 30.5 Å². The third-order valence-electron chi connectivity index (χ3n) is 1.47. The summed E-state index contributed by atoms with van der Waals surface area (Å²) < 4.78 is 0. The molecule has 0 rings (SSSR count). The largest absolute Gasteiger partial charge is 0.359 e. The predicted octanol–water partition coefficient (Wildman–Crippen LogP) is 0.593. The van der Waals surface area contributed by atoms with Crippen molar-refractivity contribution in [1.82, 2.24) is 5.32 Å². The number of hydrogen-bond acceptors (Lipinski definition) is 3. The van der Waals surface area contributed by atoms with Crippen LogP contribution in [0, 0.1) is 0 Å². The molecule has 0 aromatic heterocycles. The van der Waals surface area contributed by atoms with Crippen LogP contribution in [0.3, 0.4) is 0 Å². The first-order valence-corrected chi connectivity index (χ1v) is 5.36. The number of thioether (sulfide) groups is 1. The zero-order valence-electron chi connectivity index (χ0n) is 7.80. The molecule has 1 amide bonds. The lowest BCUT2D eigenvalue weighted by Gasteiger charge is -2.03. The Labute approximate surface area is 78.5 Å². The summed E-state index contributed by atoms with van der Waals surface area (Å²) in [5, 5.41) is 2.59. The molecule has 0 spiro atoms. The smallest absolute Gasteiger partial charge is 0.220 e. The van der Waals surface area contributed by atoms with Gasteiger partial charge in [0.15, 0.2) is 0 Å². The number of rotatable bonds is 6. The van der Waals surface area contributed by atoms with E-state index >= 15 is 0 Å². The van der Waals surface area contributed by atoms with Gasteiger partial charge in [-0.15, -0.1) is 0 Å². The number of carbonyl (C=O) groups excluding carboxylic acids is 1. The van der Waals surface area contributed by atoms with Crippen LogP contribution in [0.25, 0.3) is 0 Å². The van der Waals surface area contributed by atoms with Gasteiger partial charge in [-0.05, 0) is 19.1 Å². The summed E-state index contributed by atoms with van der Waals surface area (Å²) in [6.45, 7) is 2.00. The van der Waals surface area contributed by atoms with Crippen LogP contribution in [0.4, 0.5) is 0 Å². The van der Waals surface area contributed by atoms with Gasteiger partial charge in [-0.3, -0.25) is 4.79 Å². The van der Waals surface area contributed by atoms with Crippen LogP contribution < -0.4 is 11.1 Å². The van der Waals surface area contributed by atoms with Gasteiger partial charge < -0.3 is 11.1 Å². The quantitative estimate of drug-likeness (QED) is 0.603. The highest BCUT2D eigenvalue weighted by atomic mass is 32.2. The topological polar surface area (TPSA) is 55.1 Å². The molecule has 0 aliphatic heterocycles. The molecule has 1 atom stereocenters. The van der Waals surface area contributed by atoms with E-state index in [-0.39, 0.29) is 11.9 Å². The summed E-state index contributed by atoms with van der Waals surface area (Å²) in [5.74, 6) is 2.06. The fourth-order valence-corrected chi connectivity index (χ4v) is 1.73. The summed E-state index contributed by atoms with van der Waals surface area (Å²) in [7, 11) is 1.66.